The lowest BCUT2D eigenvalue weighted by atomic mass is 9.73. The van der Waals surface area contributed by atoms with Crippen molar-refractivity contribution >= 4 is 33.3 Å². The average molecular weight is 517 g/mol. The number of esters is 1. The Morgan fingerprint density at radius 1 is 1.22 bits per heavy atom. The second kappa shape index (κ2) is 11.9. The van der Waals surface area contributed by atoms with Gasteiger partial charge >= 0.3 is 5.97 Å². The van der Waals surface area contributed by atoms with Crippen molar-refractivity contribution < 1.29 is 24.5 Å². The molecule has 1 aromatic heterocycles. The van der Waals surface area contributed by atoms with Crippen molar-refractivity contribution in [3.63, 3.8) is 0 Å². The number of nitrogens with zero attached hydrogens (tertiary/aromatic N) is 1. The van der Waals surface area contributed by atoms with Crippen LogP contribution in [0.2, 0.25) is 0 Å². The number of carbonyl (C=O) groups is 2. The first kappa shape index (κ1) is 28.4. The Morgan fingerprint density at radius 3 is 2.64 bits per heavy atom. The number of thiazole rings is 1. The van der Waals surface area contributed by atoms with Gasteiger partial charge in [0.2, 0.25) is 0 Å². The lowest BCUT2D eigenvalue weighted by Crippen LogP contribution is -2.45. The number of aliphatic hydroxyl groups excluding tert-OH is 2. The van der Waals surface area contributed by atoms with Crippen LogP contribution < -0.4 is 5.73 Å². The van der Waals surface area contributed by atoms with Crippen LogP contribution in [0.1, 0.15) is 83.4 Å². The Bertz CT molecular complexity index is 1110. The van der Waals surface area contributed by atoms with E-state index >= 15 is 0 Å². The minimum Gasteiger partial charge on any atom is -0.457 e. The van der Waals surface area contributed by atoms with Crippen LogP contribution in [-0.4, -0.2) is 39.2 Å². The summed E-state index contributed by atoms with van der Waals surface area (Å²) in [7, 11) is 0. The molecule has 0 fully saturated rings. The Hall–Kier alpha value is -2.13. The van der Waals surface area contributed by atoms with E-state index in [9.17, 15) is 19.8 Å². The minimum atomic E-state index is -1.23. The van der Waals surface area contributed by atoms with E-state index in [0.717, 1.165) is 40.1 Å². The first-order valence-electron chi connectivity index (χ1n) is 12.8. The fourth-order valence-electron chi connectivity index (χ4n) is 4.83. The van der Waals surface area contributed by atoms with Gasteiger partial charge in [0.05, 0.1) is 34.3 Å². The smallest absolute Gasteiger partial charge is 0.309 e. The standard InChI is InChI=1S/C28H40N2O5S/c1-16-7-6-8-17(2)26(33)18(3)27(34)28(4,5)23(31)14-25(32)35-21(11-9-16)19-10-12-22-20(13-19)30-24(15-29)36-22/h9-10,12-13,17-18,21,23,26,31,33H,6-8,11,14-15,29H2,1-5H3/b16-9-/t17-,18-,21-,23-,26-/m0/s1. The van der Waals surface area contributed by atoms with Gasteiger partial charge in [-0.1, -0.05) is 45.4 Å². The van der Waals surface area contributed by atoms with Gasteiger partial charge in [-0.15, -0.1) is 11.3 Å². The quantitative estimate of drug-likeness (QED) is 0.386. The van der Waals surface area contributed by atoms with E-state index in [1.165, 1.54) is 5.57 Å². The molecule has 8 heteroatoms. The summed E-state index contributed by atoms with van der Waals surface area (Å²) in [6.07, 6.45) is 2.21. The number of ketones is 1. The molecule has 2 aromatic rings. The van der Waals surface area contributed by atoms with E-state index in [2.05, 4.69) is 18.0 Å². The summed E-state index contributed by atoms with van der Waals surface area (Å²) in [5.41, 5.74) is 7.36. The largest absolute Gasteiger partial charge is 0.457 e. The number of fused-ring (bicyclic) bond motifs is 1. The third kappa shape index (κ3) is 6.59. The van der Waals surface area contributed by atoms with E-state index in [1.807, 2.05) is 25.1 Å². The third-order valence-corrected chi connectivity index (χ3v) is 8.58. The van der Waals surface area contributed by atoms with Crippen LogP contribution in [0.25, 0.3) is 10.2 Å². The molecule has 0 aliphatic carbocycles. The zero-order chi connectivity index (χ0) is 26.6. The molecule has 2 heterocycles. The van der Waals surface area contributed by atoms with Crippen molar-refractivity contribution in [3.05, 3.63) is 40.4 Å². The molecular formula is C28H40N2O5S. The topological polar surface area (TPSA) is 123 Å². The first-order chi connectivity index (χ1) is 16.9. The first-order valence-corrected chi connectivity index (χ1v) is 13.6. The van der Waals surface area contributed by atoms with E-state index < -0.39 is 35.6 Å². The maximum Gasteiger partial charge on any atom is 0.309 e. The molecule has 3 rings (SSSR count). The number of rotatable bonds is 2. The summed E-state index contributed by atoms with van der Waals surface area (Å²) in [6, 6.07) is 5.84. The average Bonchev–Trinajstić information content (AvgIpc) is 3.26. The number of ether oxygens (including phenoxy) is 1. The molecule has 0 radical (unpaired) electrons. The number of cyclic esters (lactones) is 1. The molecule has 0 amide bonds. The highest BCUT2D eigenvalue weighted by atomic mass is 32.1. The molecule has 1 aliphatic rings. The Labute approximate surface area is 217 Å². The second-order valence-corrected chi connectivity index (χ2v) is 11.9. The Balaban J connectivity index is 1.91. The predicted octanol–water partition coefficient (Wildman–Crippen LogP) is 4.84. The van der Waals surface area contributed by atoms with Crippen LogP contribution in [0.4, 0.5) is 0 Å². The van der Waals surface area contributed by atoms with E-state index in [1.54, 1.807) is 32.1 Å². The molecule has 0 spiro atoms. The summed E-state index contributed by atoms with van der Waals surface area (Å²) in [5, 5.41) is 22.5. The van der Waals surface area contributed by atoms with E-state index in [0.29, 0.717) is 13.0 Å². The van der Waals surface area contributed by atoms with Gasteiger partial charge in [0, 0.05) is 18.9 Å². The van der Waals surface area contributed by atoms with Crippen LogP contribution in [0.3, 0.4) is 0 Å². The van der Waals surface area contributed by atoms with Crippen molar-refractivity contribution in [1.29, 1.82) is 0 Å². The van der Waals surface area contributed by atoms with Crippen molar-refractivity contribution in [2.24, 2.45) is 23.0 Å². The summed E-state index contributed by atoms with van der Waals surface area (Å²) in [6.45, 7) is 9.33. The molecular weight excluding hydrogens is 476 g/mol. The fraction of sp³-hybridized carbons (Fsp3) is 0.607. The molecule has 0 unspecified atom stereocenters. The van der Waals surface area contributed by atoms with E-state index in [-0.39, 0.29) is 18.1 Å². The van der Waals surface area contributed by atoms with E-state index in [4.69, 9.17) is 10.5 Å². The summed E-state index contributed by atoms with van der Waals surface area (Å²) in [4.78, 5) is 30.8. The van der Waals surface area contributed by atoms with Gasteiger partial charge in [0.25, 0.3) is 0 Å². The van der Waals surface area contributed by atoms with Crippen molar-refractivity contribution in [3.8, 4) is 0 Å². The van der Waals surface area contributed by atoms with Gasteiger partial charge in [-0.05, 0) is 49.8 Å². The number of aromatic nitrogens is 1. The molecule has 7 nitrogen and oxygen atoms in total. The molecule has 36 heavy (non-hydrogen) atoms. The molecule has 4 N–H and O–H groups in total. The van der Waals surface area contributed by atoms with Crippen LogP contribution in [0.5, 0.6) is 0 Å². The summed E-state index contributed by atoms with van der Waals surface area (Å²) < 4.78 is 6.90. The number of aliphatic hydroxyl groups is 2. The zero-order valence-electron chi connectivity index (χ0n) is 22.0. The number of Topliss-reactive ketones (excluding diaryl/α,β-unsaturated/α-hetero) is 1. The lowest BCUT2D eigenvalue weighted by Gasteiger charge is -2.34. The molecule has 5 atom stereocenters. The van der Waals surface area contributed by atoms with Gasteiger partial charge in [-0.25, -0.2) is 4.98 Å². The molecule has 0 saturated carbocycles. The monoisotopic (exact) mass is 516 g/mol. The van der Waals surface area contributed by atoms with Crippen molar-refractivity contribution in [1.82, 2.24) is 4.98 Å². The van der Waals surface area contributed by atoms with Gasteiger partial charge in [0.1, 0.15) is 16.9 Å². The fourth-order valence-corrected chi connectivity index (χ4v) is 5.66. The van der Waals surface area contributed by atoms with Crippen LogP contribution in [0.15, 0.2) is 29.8 Å². The van der Waals surface area contributed by atoms with Crippen molar-refractivity contribution in [2.45, 2.75) is 91.6 Å². The highest BCUT2D eigenvalue weighted by Gasteiger charge is 2.42. The highest BCUT2D eigenvalue weighted by molar-refractivity contribution is 7.18. The number of hydrogen-bond acceptors (Lipinski definition) is 8. The minimum absolute atomic E-state index is 0.0569. The molecule has 0 bridgehead atoms. The van der Waals surface area contributed by atoms with Gasteiger partial charge in [-0.2, -0.15) is 0 Å². The van der Waals surface area contributed by atoms with Gasteiger partial charge in [0.15, 0.2) is 0 Å². The second-order valence-electron chi connectivity index (χ2n) is 10.8. The zero-order valence-corrected chi connectivity index (χ0v) is 22.8. The number of hydrogen-bond donors (Lipinski definition) is 3. The number of allylic oxidation sites excluding steroid dienone is 1. The maximum absolute atomic E-state index is 13.2. The molecule has 0 saturated heterocycles. The van der Waals surface area contributed by atoms with Crippen molar-refractivity contribution in [2.75, 3.05) is 0 Å². The van der Waals surface area contributed by atoms with Crippen LogP contribution in [-0.2, 0) is 20.9 Å². The SMILES string of the molecule is C/C1=C/C[C@@H](c2ccc3sc(CN)nc3c2)OC(=O)C[C@H](O)C(C)(C)C(=O)[C@@H](C)[C@@H](O)[C@@H](C)CCC1. The number of benzene rings is 1. The molecule has 198 valence electrons. The van der Waals surface area contributed by atoms with Gasteiger partial charge < -0.3 is 20.7 Å². The van der Waals surface area contributed by atoms with Crippen LogP contribution >= 0.6 is 11.3 Å². The summed E-state index contributed by atoms with van der Waals surface area (Å²) in [5.74, 6) is -1.54. The Morgan fingerprint density at radius 2 is 1.94 bits per heavy atom. The summed E-state index contributed by atoms with van der Waals surface area (Å²) >= 11 is 1.54. The number of carbonyl (C=O) groups excluding carboxylic acids is 2. The predicted molar refractivity (Wildman–Crippen MR) is 142 cm³/mol. The maximum atomic E-state index is 13.2. The Kier molecular flexibility index (Phi) is 9.44. The number of nitrogens with two attached hydrogens (primary N) is 1. The third-order valence-electron chi connectivity index (χ3n) is 7.52. The van der Waals surface area contributed by atoms with Crippen LogP contribution in [0, 0.1) is 17.3 Å². The highest BCUT2D eigenvalue weighted by Crippen LogP contribution is 2.34. The molecule has 1 aliphatic heterocycles. The normalized spacial score (nSPS) is 30.6. The van der Waals surface area contributed by atoms with Gasteiger partial charge in [-0.3, -0.25) is 9.59 Å². The molecule has 1 aromatic carbocycles. The lowest BCUT2D eigenvalue weighted by molar-refractivity contribution is -0.155.